The van der Waals surface area contributed by atoms with Crippen LogP contribution in [0.2, 0.25) is 0 Å². The first kappa shape index (κ1) is 10.9. The molecule has 1 atom stereocenters. The topological polar surface area (TPSA) is 40.9 Å². The molecule has 1 heterocycles. The van der Waals surface area contributed by atoms with Crippen molar-refractivity contribution in [3.63, 3.8) is 0 Å². The van der Waals surface area contributed by atoms with Crippen LogP contribution in [0.5, 0.6) is 0 Å². The zero-order chi connectivity index (χ0) is 10.6. The summed E-state index contributed by atoms with van der Waals surface area (Å²) in [4.78, 5) is 12.5. The molecule has 0 saturated carbocycles. The van der Waals surface area contributed by atoms with E-state index < -0.39 is 5.41 Å². The minimum atomic E-state index is -0.815. The van der Waals surface area contributed by atoms with Gasteiger partial charge < -0.3 is 0 Å². The highest BCUT2D eigenvalue weighted by Gasteiger charge is 2.29. The molecule has 0 aliphatic heterocycles. The fourth-order valence-electron chi connectivity index (χ4n) is 1.14. The summed E-state index contributed by atoms with van der Waals surface area (Å²) in [6.07, 6.45) is 1.42. The van der Waals surface area contributed by atoms with Crippen LogP contribution >= 0.6 is 11.3 Å². The third-order valence-corrected chi connectivity index (χ3v) is 3.41. The average molecular weight is 207 g/mol. The van der Waals surface area contributed by atoms with Crippen LogP contribution < -0.4 is 0 Å². The molecule has 0 N–H and O–H groups in total. The summed E-state index contributed by atoms with van der Waals surface area (Å²) in [7, 11) is 0. The monoisotopic (exact) mass is 207 g/mol. The minimum Gasteiger partial charge on any atom is -0.298 e. The highest BCUT2D eigenvalue weighted by Crippen LogP contribution is 2.25. The van der Waals surface area contributed by atoms with Gasteiger partial charge in [0.1, 0.15) is 11.2 Å². The first-order chi connectivity index (χ1) is 6.58. The largest absolute Gasteiger partial charge is 0.298 e. The first-order valence-electron chi connectivity index (χ1n) is 4.53. The van der Waals surface area contributed by atoms with Crippen molar-refractivity contribution in [3.05, 3.63) is 22.4 Å². The summed E-state index contributed by atoms with van der Waals surface area (Å²) in [5.41, 5.74) is -0.815. The lowest BCUT2D eigenvalue weighted by Crippen LogP contribution is -2.23. The molecule has 14 heavy (non-hydrogen) atoms. The van der Waals surface area contributed by atoms with E-state index in [0.717, 1.165) is 6.42 Å². The van der Waals surface area contributed by atoms with Crippen LogP contribution in [-0.2, 0) is 11.2 Å². The summed E-state index contributed by atoms with van der Waals surface area (Å²) in [5.74, 6) is -0.0449. The molecule has 0 spiro atoms. The zero-order valence-electron chi connectivity index (χ0n) is 8.41. The quantitative estimate of drug-likeness (QED) is 0.761. The second-order valence-electron chi connectivity index (χ2n) is 3.58. The Hall–Kier alpha value is -1.14. The maximum absolute atomic E-state index is 11.2. The Kier molecular flexibility index (Phi) is 3.43. The smallest absolute Gasteiger partial charge is 0.149 e. The van der Waals surface area contributed by atoms with Gasteiger partial charge in [0.2, 0.25) is 0 Å². The van der Waals surface area contributed by atoms with E-state index in [1.807, 2.05) is 17.5 Å². The average Bonchev–Trinajstić information content (AvgIpc) is 2.66. The molecule has 1 aromatic rings. The number of rotatable bonds is 4. The van der Waals surface area contributed by atoms with Gasteiger partial charge in [-0.2, -0.15) is 5.26 Å². The minimum absolute atomic E-state index is 0.0449. The van der Waals surface area contributed by atoms with E-state index in [4.69, 9.17) is 5.26 Å². The number of hydrogen-bond acceptors (Lipinski definition) is 3. The van der Waals surface area contributed by atoms with Gasteiger partial charge in [-0.15, -0.1) is 11.3 Å². The molecule has 0 aliphatic rings. The van der Waals surface area contributed by atoms with Crippen molar-refractivity contribution in [1.82, 2.24) is 0 Å². The Morgan fingerprint density at radius 2 is 2.43 bits per heavy atom. The molecule has 0 radical (unpaired) electrons. The van der Waals surface area contributed by atoms with E-state index in [0.29, 0.717) is 6.42 Å². The lowest BCUT2D eigenvalue weighted by atomic mass is 9.83. The fraction of sp³-hybridized carbons (Fsp3) is 0.455. The highest BCUT2D eigenvalue weighted by molar-refractivity contribution is 7.09. The Morgan fingerprint density at radius 3 is 2.86 bits per heavy atom. The summed E-state index contributed by atoms with van der Waals surface area (Å²) >= 11 is 1.67. The van der Waals surface area contributed by atoms with Gasteiger partial charge in [-0.05, 0) is 38.1 Å². The normalized spacial score (nSPS) is 14.4. The molecule has 0 amide bonds. The summed E-state index contributed by atoms with van der Waals surface area (Å²) in [6, 6.07) is 6.11. The van der Waals surface area contributed by atoms with Gasteiger partial charge in [-0.3, -0.25) is 4.79 Å². The second kappa shape index (κ2) is 4.39. The van der Waals surface area contributed by atoms with Crippen LogP contribution in [0.25, 0.3) is 0 Å². The molecule has 3 heteroatoms. The van der Waals surface area contributed by atoms with Gasteiger partial charge in [0.05, 0.1) is 6.07 Å². The summed E-state index contributed by atoms with van der Waals surface area (Å²) < 4.78 is 0. The van der Waals surface area contributed by atoms with Gasteiger partial charge in [-0.1, -0.05) is 6.07 Å². The Bertz CT molecular complexity index is 350. The number of nitriles is 1. The van der Waals surface area contributed by atoms with Gasteiger partial charge in [-0.25, -0.2) is 0 Å². The first-order valence-corrected chi connectivity index (χ1v) is 5.41. The van der Waals surface area contributed by atoms with Crippen molar-refractivity contribution < 1.29 is 4.79 Å². The predicted octanol–water partition coefficient (Wildman–Crippen LogP) is 2.80. The number of carbonyl (C=O) groups is 1. The van der Waals surface area contributed by atoms with Crippen LogP contribution in [0.4, 0.5) is 0 Å². The van der Waals surface area contributed by atoms with Crippen molar-refractivity contribution in [2.45, 2.75) is 26.7 Å². The van der Waals surface area contributed by atoms with Crippen LogP contribution in [0.1, 0.15) is 25.1 Å². The van der Waals surface area contributed by atoms with Crippen LogP contribution in [0.3, 0.4) is 0 Å². The lowest BCUT2D eigenvalue weighted by Gasteiger charge is -2.16. The second-order valence-corrected chi connectivity index (χ2v) is 4.61. The molecule has 0 fully saturated rings. The van der Waals surface area contributed by atoms with E-state index in [-0.39, 0.29) is 5.78 Å². The molecular formula is C11H13NOS. The fourth-order valence-corrected chi connectivity index (χ4v) is 1.85. The van der Waals surface area contributed by atoms with Crippen molar-refractivity contribution >= 4 is 17.1 Å². The van der Waals surface area contributed by atoms with E-state index in [1.165, 1.54) is 11.8 Å². The lowest BCUT2D eigenvalue weighted by molar-refractivity contribution is -0.123. The third kappa shape index (κ3) is 2.43. The number of Topliss-reactive ketones (excluding diaryl/α,β-unsaturated/α-hetero) is 1. The predicted molar refractivity (Wildman–Crippen MR) is 57.0 cm³/mol. The van der Waals surface area contributed by atoms with E-state index in [2.05, 4.69) is 6.07 Å². The molecule has 1 aromatic heterocycles. The summed E-state index contributed by atoms with van der Waals surface area (Å²) in [5, 5.41) is 10.9. The van der Waals surface area contributed by atoms with Crippen LogP contribution in [-0.4, -0.2) is 5.78 Å². The zero-order valence-corrected chi connectivity index (χ0v) is 9.23. The number of hydrogen-bond donors (Lipinski definition) is 0. The number of thiophene rings is 1. The van der Waals surface area contributed by atoms with Crippen molar-refractivity contribution in [1.29, 1.82) is 5.26 Å². The number of carbonyl (C=O) groups excluding carboxylic acids is 1. The summed E-state index contributed by atoms with van der Waals surface area (Å²) in [6.45, 7) is 3.20. The van der Waals surface area contributed by atoms with E-state index in [9.17, 15) is 4.79 Å². The van der Waals surface area contributed by atoms with Gasteiger partial charge in [0.25, 0.3) is 0 Å². The molecule has 1 unspecified atom stereocenters. The van der Waals surface area contributed by atoms with Crippen molar-refractivity contribution in [2.24, 2.45) is 5.41 Å². The molecule has 2 nitrogen and oxygen atoms in total. The van der Waals surface area contributed by atoms with E-state index >= 15 is 0 Å². The van der Waals surface area contributed by atoms with Gasteiger partial charge >= 0.3 is 0 Å². The molecule has 0 saturated heterocycles. The number of nitrogens with zero attached hydrogens (tertiary/aromatic N) is 1. The van der Waals surface area contributed by atoms with Gasteiger partial charge in [0, 0.05) is 4.88 Å². The van der Waals surface area contributed by atoms with E-state index in [1.54, 1.807) is 18.3 Å². The van der Waals surface area contributed by atoms with Crippen LogP contribution in [0.15, 0.2) is 17.5 Å². The molecule has 0 aliphatic carbocycles. The van der Waals surface area contributed by atoms with Crippen molar-refractivity contribution in [3.8, 4) is 6.07 Å². The molecule has 74 valence electrons. The highest BCUT2D eigenvalue weighted by atomic mass is 32.1. The standard InChI is InChI=1S/C11H13NOS/c1-9(13)11(2,8-12)6-5-10-4-3-7-14-10/h3-4,7H,5-6H2,1-2H3. The van der Waals surface area contributed by atoms with Crippen LogP contribution in [0, 0.1) is 16.7 Å². The SMILES string of the molecule is CC(=O)C(C)(C#N)CCc1cccs1. The Labute approximate surface area is 88.2 Å². The molecule has 1 rings (SSSR count). The molecule has 0 aromatic carbocycles. The number of ketones is 1. The third-order valence-electron chi connectivity index (χ3n) is 2.48. The Balaban J connectivity index is 2.60. The molecule has 0 bridgehead atoms. The maximum atomic E-state index is 11.2. The van der Waals surface area contributed by atoms with Gasteiger partial charge in [0.15, 0.2) is 0 Å². The number of aryl methyl sites for hydroxylation is 1. The van der Waals surface area contributed by atoms with Crippen molar-refractivity contribution in [2.75, 3.05) is 0 Å². The molecular weight excluding hydrogens is 194 g/mol. The Morgan fingerprint density at radius 1 is 1.71 bits per heavy atom. The maximum Gasteiger partial charge on any atom is 0.149 e.